The predicted molar refractivity (Wildman–Crippen MR) is 80.0 cm³/mol. The second kappa shape index (κ2) is 8.25. The van der Waals surface area contributed by atoms with Gasteiger partial charge in [0.05, 0.1) is 0 Å². The summed E-state index contributed by atoms with van der Waals surface area (Å²) < 4.78 is 0. The molecule has 1 rings (SSSR count). The Morgan fingerprint density at radius 2 is 2.05 bits per heavy atom. The standard InChI is InChI=1S/C15H29N3O2/c1-11(2)13(6-8-16)4-5-15(20)18-9-7-14(10-18)17-12(3)19/h11,13-14H,4-10,16H2,1-3H3,(H,17,19). The molecule has 1 saturated heterocycles. The van der Waals surface area contributed by atoms with E-state index in [1.165, 1.54) is 6.92 Å². The van der Waals surface area contributed by atoms with Crippen LogP contribution in [0.5, 0.6) is 0 Å². The Morgan fingerprint density at radius 3 is 2.60 bits per heavy atom. The van der Waals surface area contributed by atoms with Crippen LogP contribution in [0.15, 0.2) is 0 Å². The molecule has 1 aliphatic heterocycles. The van der Waals surface area contributed by atoms with Crippen LogP contribution in [0, 0.1) is 11.8 Å². The molecule has 2 unspecified atom stereocenters. The summed E-state index contributed by atoms with van der Waals surface area (Å²) in [5.41, 5.74) is 5.62. The van der Waals surface area contributed by atoms with E-state index in [4.69, 9.17) is 5.73 Å². The number of carbonyl (C=O) groups excluding carboxylic acids is 2. The van der Waals surface area contributed by atoms with Crippen molar-refractivity contribution in [1.29, 1.82) is 0 Å². The monoisotopic (exact) mass is 283 g/mol. The van der Waals surface area contributed by atoms with E-state index in [2.05, 4.69) is 19.2 Å². The van der Waals surface area contributed by atoms with E-state index in [9.17, 15) is 9.59 Å². The van der Waals surface area contributed by atoms with Crippen molar-refractivity contribution in [1.82, 2.24) is 10.2 Å². The van der Waals surface area contributed by atoms with Gasteiger partial charge in [-0.2, -0.15) is 0 Å². The lowest BCUT2D eigenvalue weighted by atomic mass is 9.88. The molecule has 1 heterocycles. The Bertz CT molecular complexity index is 331. The first-order valence-corrected chi connectivity index (χ1v) is 7.69. The molecule has 5 heteroatoms. The second-order valence-electron chi connectivity index (χ2n) is 6.15. The van der Waals surface area contributed by atoms with E-state index in [0.717, 1.165) is 25.8 Å². The quantitative estimate of drug-likeness (QED) is 0.735. The molecule has 116 valence electrons. The van der Waals surface area contributed by atoms with Crippen molar-refractivity contribution in [3.63, 3.8) is 0 Å². The summed E-state index contributed by atoms with van der Waals surface area (Å²) in [5.74, 6) is 1.28. The molecule has 5 nitrogen and oxygen atoms in total. The van der Waals surface area contributed by atoms with Crippen LogP contribution < -0.4 is 11.1 Å². The number of carbonyl (C=O) groups is 2. The van der Waals surface area contributed by atoms with Crippen LogP contribution in [0.3, 0.4) is 0 Å². The number of rotatable bonds is 7. The first-order chi connectivity index (χ1) is 9.43. The molecule has 0 saturated carbocycles. The SMILES string of the molecule is CC(=O)NC1CCN(C(=O)CCC(CCN)C(C)C)C1. The normalized spacial score (nSPS) is 20.2. The molecular formula is C15H29N3O2. The first kappa shape index (κ1) is 17.0. The zero-order chi connectivity index (χ0) is 15.1. The largest absolute Gasteiger partial charge is 0.352 e. The van der Waals surface area contributed by atoms with Crippen LogP contribution in [-0.4, -0.2) is 42.4 Å². The summed E-state index contributed by atoms with van der Waals surface area (Å²) in [6.07, 6.45) is 3.35. The molecule has 2 amide bonds. The Morgan fingerprint density at radius 1 is 1.35 bits per heavy atom. The highest BCUT2D eigenvalue weighted by Crippen LogP contribution is 2.21. The van der Waals surface area contributed by atoms with Gasteiger partial charge in [0.2, 0.25) is 11.8 Å². The molecule has 0 aromatic carbocycles. The number of amides is 2. The second-order valence-corrected chi connectivity index (χ2v) is 6.15. The van der Waals surface area contributed by atoms with Crippen molar-refractivity contribution in [3.05, 3.63) is 0 Å². The summed E-state index contributed by atoms with van der Waals surface area (Å²) in [6, 6.07) is 0.126. The third-order valence-electron chi connectivity index (χ3n) is 4.16. The molecule has 1 fully saturated rings. The Labute approximate surface area is 122 Å². The van der Waals surface area contributed by atoms with Gasteiger partial charge in [-0.1, -0.05) is 13.8 Å². The van der Waals surface area contributed by atoms with Crippen molar-refractivity contribution in [3.8, 4) is 0 Å². The van der Waals surface area contributed by atoms with Crippen molar-refractivity contribution < 1.29 is 9.59 Å². The Balaban J connectivity index is 2.34. The summed E-state index contributed by atoms with van der Waals surface area (Å²) in [4.78, 5) is 25.1. The van der Waals surface area contributed by atoms with Crippen LogP contribution in [0.2, 0.25) is 0 Å². The number of nitrogens with two attached hydrogens (primary N) is 1. The van der Waals surface area contributed by atoms with Crippen LogP contribution in [0.4, 0.5) is 0 Å². The molecule has 0 bridgehead atoms. The van der Waals surface area contributed by atoms with Crippen LogP contribution in [-0.2, 0) is 9.59 Å². The number of nitrogens with zero attached hydrogens (tertiary/aromatic N) is 1. The molecule has 1 aliphatic rings. The zero-order valence-electron chi connectivity index (χ0n) is 13.0. The predicted octanol–water partition coefficient (Wildman–Crippen LogP) is 1.12. The molecule has 3 N–H and O–H groups in total. The van der Waals surface area contributed by atoms with Crippen molar-refractivity contribution in [2.75, 3.05) is 19.6 Å². The molecule has 2 atom stereocenters. The number of hydrogen-bond acceptors (Lipinski definition) is 3. The van der Waals surface area contributed by atoms with Crippen molar-refractivity contribution >= 4 is 11.8 Å². The molecule has 0 radical (unpaired) electrons. The van der Waals surface area contributed by atoms with Crippen molar-refractivity contribution in [2.45, 2.75) is 52.5 Å². The van der Waals surface area contributed by atoms with E-state index in [-0.39, 0.29) is 17.9 Å². The highest BCUT2D eigenvalue weighted by atomic mass is 16.2. The van der Waals surface area contributed by atoms with Gasteiger partial charge in [0.15, 0.2) is 0 Å². The maximum atomic E-state index is 12.2. The van der Waals surface area contributed by atoms with Crippen LogP contribution in [0.1, 0.15) is 46.5 Å². The maximum absolute atomic E-state index is 12.2. The van der Waals surface area contributed by atoms with Gasteiger partial charge in [-0.15, -0.1) is 0 Å². The molecule has 0 aliphatic carbocycles. The summed E-state index contributed by atoms with van der Waals surface area (Å²) >= 11 is 0. The van der Waals surface area contributed by atoms with Gasteiger partial charge >= 0.3 is 0 Å². The molecular weight excluding hydrogens is 254 g/mol. The lowest BCUT2D eigenvalue weighted by molar-refractivity contribution is -0.130. The van der Waals surface area contributed by atoms with Gasteiger partial charge in [-0.3, -0.25) is 9.59 Å². The summed E-state index contributed by atoms with van der Waals surface area (Å²) in [5, 5.41) is 2.88. The van der Waals surface area contributed by atoms with E-state index >= 15 is 0 Å². The summed E-state index contributed by atoms with van der Waals surface area (Å²) in [7, 11) is 0. The fraction of sp³-hybridized carbons (Fsp3) is 0.867. The molecule has 0 aromatic heterocycles. The van der Waals surface area contributed by atoms with E-state index < -0.39 is 0 Å². The van der Waals surface area contributed by atoms with Gasteiger partial charge in [0.1, 0.15) is 0 Å². The van der Waals surface area contributed by atoms with Gasteiger partial charge in [0, 0.05) is 32.5 Å². The van der Waals surface area contributed by atoms with Crippen LogP contribution in [0.25, 0.3) is 0 Å². The number of hydrogen-bond donors (Lipinski definition) is 2. The minimum absolute atomic E-state index is 0.0212. The molecule has 0 aromatic rings. The lowest BCUT2D eigenvalue weighted by Gasteiger charge is -2.22. The van der Waals surface area contributed by atoms with E-state index in [1.807, 2.05) is 4.90 Å². The van der Waals surface area contributed by atoms with Gasteiger partial charge < -0.3 is 16.0 Å². The lowest BCUT2D eigenvalue weighted by Crippen LogP contribution is -2.37. The van der Waals surface area contributed by atoms with Gasteiger partial charge in [-0.25, -0.2) is 0 Å². The number of likely N-dealkylation sites (tertiary alicyclic amines) is 1. The Hall–Kier alpha value is -1.10. The van der Waals surface area contributed by atoms with Crippen molar-refractivity contribution in [2.24, 2.45) is 17.6 Å². The minimum Gasteiger partial charge on any atom is -0.352 e. The first-order valence-electron chi connectivity index (χ1n) is 7.69. The fourth-order valence-electron chi connectivity index (χ4n) is 2.88. The average molecular weight is 283 g/mol. The Kier molecular flexibility index (Phi) is 6.99. The third-order valence-corrected chi connectivity index (χ3v) is 4.16. The minimum atomic E-state index is -0.0212. The highest BCUT2D eigenvalue weighted by molar-refractivity contribution is 5.77. The molecule has 0 spiro atoms. The average Bonchev–Trinajstić information content (AvgIpc) is 2.81. The van der Waals surface area contributed by atoms with Crippen LogP contribution >= 0.6 is 0 Å². The molecule has 20 heavy (non-hydrogen) atoms. The maximum Gasteiger partial charge on any atom is 0.222 e. The fourth-order valence-corrected chi connectivity index (χ4v) is 2.88. The summed E-state index contributed by atoms with van der Waals surface area (Å²) in [6.45, 7) is 7.99. The zero-order valence-corrected chi connectivity index (χ0v) is 13.0. The van der Waals surface area contributed by atoms with E-state index in [0.29, 0.717) is 31.3 Å². The van der Waals surface area contributed by atoms with Gasteiger partial charge in [0.25, 0.3) is 0 Å². The number of nitrogens with one attached hydrogen (secondary N) is 1. The highest BCUT2D eigenvalue weighted by Gasteiger charge is 2.27. The van der Waals surface area contributed by atoms with Gasteiger partial charge in [-0.05, 0) is 37.6 Å². The topological polar surface area (TPSA) is 75.4 Å². The third kappa shape index (κ3) is 5.49. The van der Waals surface area contributed by atoms with E-state index in [1.54, 1.807) is 0 Å². The smallest absolute Gasteiger partial charge is 0.222 e.